The quantitative estimate of drug-likeness (QED) is 0.129. The molecule has 3 aromatic carbocycles. The number of carbonyl (C=O) groups is 3. The highest BCUT2D eigenvalue weighted by atomic mass is 32.1. The van der Waals surface area contributed by atoms with Crippen molar-refractivity contribution in [3.63, 3.8) is 0 Å². The summed E-state index contributed by atoms with van der Waals surface area (Å²) >= 11 is 3.54. The molecule has 4 rings (SSSR count). The second-order valence-electron chi connectivity index (χ2n) is 9.80. The molecule has 238 valence electrons. The molecule has 2 amide bonds. The fraction of sp³-hybridized carbons (Fsp3) is 0.323. The van der Waals surface area contributed by atoms with Crippen LogP contribution in [-0.4, -0.2) is 45.1 Å². The minimum Gasteiger partial charge on any atom is -0.495 e. The van der Waals surface area contributed by atoms with Crippen molar-refractivity contribution in [1.82, 2.24) is 4.72 Å². The van der Waals surface area contributed by atoms with E-state index in [2.05, 4.69) is 22.9 Å². The first kappa shape index (κ1) is 36.1. The van der Waals surface area contributed by atoms with E-state index >= 15 is 0 Å². The van der Waals surface area contributed by atoms with Gasteiger partial charge in [0.05, 0.1) is 24.0 Å². The molecule has 0 heterocycles. The van der Waals surface area contributed by atoms with E-state index in [1.165, 1.54) is 4.90 Å². The van der Waals surface area contributed by atoms with Gasteiger partial charge in [0.25, 0.3) is 6.47 Å². The SMILES string of the molecule is CNS.COc1ccc(-c2ccc(C3CCCC(C(=O)Nc4ccc(C(F)(F)F)cc4F)C3)cc2)cc1N(C)C=O.O=CO. The molecule has 2 atom stereocenters. The Morgan fingerprint density at radius 2 is 1.66 bits per heavy atom. The summed E-state index contributed by atoms with van der Waals surface area (Å²) in [6.45, 7) is -0.250. The first-order valence-electron chi connectivity index (χ1n) is 13.5. The number of hydrogen-bond acceptors (Lipinski definition) is 6. The molecular weight excluding hydrogens is 602 g/mol. The number of hydrogen-bond donors (Lipinski definition) is 4. The van der Waals surface area contributed by atoms with Crippen molar-refractivity contribution in [2.45, 2.75) is 37.8 Å². The summed E-state index contributed by atoms with van der Waals surface area (Å²) in [5.74, 6) is -1.17. The molecule has 0 bridgehead atoms. The zero-order chi connectivity index (χ0) is 32.9. The van der Waals surface area contributed by atoms with Crippen molar-refractivity contribution >= 4 is 43.0 Å². The Morgan fingerprint density at radius 3 is 2.20 bits per heavy atom. The number of thiol groups is 1. The van der Waals surface area contributed by atoms with Gasteiger partial charge in [0.2, 0.25) is 12.3 Å². The predicted octanol–water partition coefficient (Wildman–Crippen LogP) is 6.78. The van der Waals surface area contributed by atoms with Gasteiger partial charge >= 0.3 is 6.18 Å². The number of carboxylic acid groups (broad SMARTS) is 1. The number of rotatable bonds is 7. The first-order chi connectivity index (χ1) is 20.9. The fourth-order valence-corrected chi connectivity index (χ4v) is 4.91. The zero-order valence-corrected chi connectivity index (χ0v) is 25.3. The van der Waals surface area contributed by atoms with Gasteiger partial charge in [-0.05, 0) is 79.3 Å². The van der Waals surface area contributed by atoms with Gasteiger partial charge in [0, 0.05) is 13.0 Å². The summed E-state index contributed by atoms with van der Waals surface area (Å²) in [6, 6.07) is 15.7. The van der Waals surface area contributed by atoms with Crippen molar-refractivity contribution in [2.75, 3.05) is 31.4 Å². The van der Waals surface area contributed by atoms with Crippen molar-refractivity contribution in [3.05, 3.63) is 77.6 Å². The zero-order valence-electron chi connectivity index (χ0n) is 24.4. The molecule has 0 saturated heterocycles. The number of halogens is 4. The van der Waals surface area contributed by atoms with E-state index in [4.69, 9.17) is 14.6 Å². The third-order valence-corrected chi connectivity index (χ3v) is 7.03. The molecule has 1 fully saturated rings. The number of amides is 2. The third kappa shape index (κ3) is 9.98. The first-order valence-corrected chi connectivity index (χ1v) is 13.9. The molecule has 0 spiro atoms. The van der Waals surface area contributed by atoms with Crippen molar-refractivity contribution < 1.29 is 41.8 Å². The molecular formula is C31H35F4N3O5S. The summed E-state index contributed by atoms with van der Waals surface area (Å²) < 4.78 is 60.4. The molecule has 1 aliphatic carbocycles. The molecule has 1 aliphatic rings. The minimum absolute atomic E-state index is 0.124. The molecule has 3 N–H and O–H groups in total. The van der Waals surface area contributed by atoms with E-state index in [-0.39, 0.29) is 24.0 Å². The molecule has 44 heavy (non-hydrogen) atoms. The van der Waals surface area contributed by atoms with Crippen LogP contribution < -0.4 is 19.7 Å². The highest BCUT2D eigenvalue weighted by molar-refractivity contribution is 7.78. The number of nitrogens with one attached hydrogen (secondary N) is 2. The van der Waals surface area contributed by atoms with Crippen LogP contribution in [0.25, 0.3) is 11.1 Å². The van der Waals surface area contributed by atoms with Gasteiger partial charge in [0.1, 0.15) is 11.6 Å². The Bertz CT molecular complexity index is 1390. The Labute approximate surface area is 259 Å². The fourth-order valence-electron chi connectivity index (χ4n) is 4.91. The lowest BCUT2D eigenvalue weighted by molar-refractivity contribution is -0.137. The average Bonchev–Trinajstić information content (AvgIpc) is 3.01. The number of alkyl halides is 3. The predicted molar refractivity (Wildman–Crippen MR) is 164 cm³/mol. The maximum atomic E-state index is 14.2. The number of nitrogens with zero attached hydrogens (tertiary/aromatic N) is 1. The lowest BCUT2D eigenvalue weighted by Gasteiger charge is -2.29. The molecule has 8 nitrogen and oxygen atoms in total. The summed E-state index contributed by atoms with van der Waals surface area (Å²) in [7, 11) is 4.94. The van der Waals surface area contributed by atoms with E-state index in [1.807, 2.05) is 42.5 Å². The molecule has 0 radical (unpaired) electrons. The third-order valence-electron chi connectivity index (χ3n) is 7.03. The number of benzene rings is 3. The monoisotopic (exact) mass is 637 g/mol. The second kappa shape index (κ2) is 17.3. The molecule has 1 saturated carbocycles. The van der Waals surface area contributed by atoms with Gasteiger partial charge in [-0.25, -0.2) is 4.39 Å². The highest BCUT2D eigenvalue weighted by Crippen LogP contribution is 2.39. The van der Waals surface area contributed by atoms with Crippen molar-refractivity contribution in [1.29, 1.82) is 0 Å². The van der Waals surface area contributed by atoms with E-state index < -0.39 is 23.5 Å². The summed E-state index contributed by atoms with van der Waals surface area (Å²) in [5, 5.41) is 9.36. The molecule has 0 aromatic heterocycles. The smallest absolute Gasteiger partial charge is 0.416 e. The van der Waals surface area contributed by atoms with Crippen molar-refractivity contribution in [2.24, 2.45) is 5.92 Å². The second-order valence-corrected chi connectivity index (χ2v) is 10.2. The van der Waals surface area contributed by atoms with Gasteiger partial charge in [-0.15, -0.1) is 0 Å². The summed E-state index contributed by atoms with van der Waals surface area (Å²) in [5.41, 5.74) is 2.24. The average molecular weight is 638 g/mol. The van der Waals surface area contributed by atoms with Crippen molar-refractivity contribution in [3.8, 4) is 16.9 Å². The van der Waals surface area contributed by atoms with Crippen LogP contribution in [0.3, 0.4) is 0 Å². The van der Waals surface area contributed by atoms with E-state index in [9.17, 15) is 27.2 Å². The summed E-state index contributed by atoms with van der Waals surface area (Å²) in [4.78, 5) is 33.9. The number of methoxy groups -OCH3 is 1. The van der Waals surface area contributed by atoms with Crippen LogP contribution in [0.15, 0.2) is 60.7 Å². The van der Waals surface area contributed by atoms with E-state index in [0.717, 1.165) is 41.7 Å². The van der Waals surface area contributed by atoms with E-state index in [0.29, 0.717) is 36.8 Å². The van der Waals surface area contributed by atoms with Gasteiger partial charge in [-0.3, -0.25) is 19.1 Å². The molecule has 3 aromatic rings. The maximum absolute atomic E-state index is 14.2. The summed E-state index contributed by atoms with van der Waals surface area (Å²) in [6.07, 6.45) is -1.05. The number of anilines is 2. The van der Waals surface area contributed by atoms with E-state index in [1.54, 1.807) is 21.2 Å². The van der Waals surface area contributed by atoms with Crippen LogP contribution >= 0.6 is 12.8 Å². The van der Waals surface area contributed by atoms with Gasteiger partial charge < -0.3 is 20.1 Å². The maximum Gasteiger partial charge on any atom is 0.416 e. The largest absolute Gasteiger partial charge is 0.495 e. The molecule has 0 aliphatic heterocycles. The van der Waals surface area contributed by atoms with Gasteiger partial charge in [-0.2, -0.15) is 13.2 Å². The van der Waals surface area contributed by atoms with Crippen LogP contribution in [0.2, 0.25) is 0 Å². The van der Waals surface area contributed by atoms with Crippen LogP contribution in [0, 0.1) is 11.7 Å². The Balaban J connectivity index is 0.00000104. The molecule has 2 unspecified atom stereocenters. The van der Waals surface area contributed by atoms with Crippen LogP contribution in [0.5, 0.6) is 5.75 Å². The van der Waals surface area contributed by atoms with Crippen LogP contribution in [-0.2, 0) is 20.6 Å². The lowest BCUT2D eigenvalue weighted by Crippen LogP contribution is -2.28. The number of carbonyl (C=O) groups excluding carboxylic acids is 2. The normalized spacial score (nSPS) is 15.8. The minimum atomic E-state index is -4.66. The van der Waals surface area contributed by atoms with Crippen LogP contribution in [0.1, 0.15) is 42.7 Å². The standard InChI is InChI=1S/C29H28F4N2O3.CH5NS.CH2O2/c1-35(17-36)26-15-21(10-13-27(26)38-2)19-8-6-18(7-9-19)20-4-3-5-22(14-20)28(37)34-25-12-11-23(16-24(25)30)29(31,32)33;1-2-3;2-1-3/h6-13,15-17,20,22H,3-5,14H2,1-2H3,(H,34,37);2-3H,1H3;1H,(H,2,3). The number of ether oxygens (including phenoxy) is 1. The highest BCUT2D eigenvalue weighted by Gasteiger charge is 2.32. The topological polar surface area (TPSA) is 108 Å². The Kier molecular flexibility index (Phi) is 14.2. The Hall–Kier alpha value is -4.10. The molecule has 13 heteroatoms. The lowest BCUT2D eigenvalue weighted by atomic mass is 9.77. The Morgan fingerprint density at radius 1 is 1.05 bits per heavy atom. The van der Waals surface area contributed by atoms with Gasteiger partial charge in [0.15, 0.2) is 0 Å². The van der Waals surface area contributed by atoms with Gasteiger partial charge in [-0.1, -0.05) is 49.6 Å². The van der Waals surface area contributed by atoms with Crippen LogP contribution in [0.4, 0.5) is 28.9 Å².